The van der Waals surface area contributed by atoms with Crippen LogP contribution in [0.3, 0.4) is 0 Å². The summed E-state index contributed by atoms with van der Waals surface area (Å²) in [7, 11) is -3.40. The van der Waals surface area contributed by atoms with Crippen molar-refractivity contribution in [3.8, 4) is 11.3 Å². The average Bonchev–Trinajstić information content (AvgIpc) is 3.35. The fraction of sp³-hybridized carbons (Fsp3) is 0. The van der Waals surface area contributed by atoms with E-state index in [0.717, 1.165) is 82.5 Å². The summed E-state index contributed by atoms with van der Waals surface area (Å²) in [6.45, 7) is 0. The molecule has 1 atom stereocenters. The van der Waals surface area contributed by atoms with E-state index < -0.39 is 7.14 Å². The van der Waals surface area contributed by atoms with Crippen LogP contribution in [0.4, 0.5) is 17.3 Å². The first-order valence-electron chi connectivity index (χ1n) is 16.3. The van der Waals surface area contributed by atoms with E-state index in [2.05, 4.69) is 77.7 Å². The molecule has 2 aliphatic heterocycles. The highest BCUT2D eigenvalue weighted by Gasteiger charge is 2.47. The summed E-state index contributed by atoms with van der Waals surface area (Å²) in [5, 5.41) is 5.61. The maximum Gasteiger partial charge on any atom is 0.235 e. The molecule has 7 aromatic carbocycles. The van der Waals surface area contributed by atoms with Crippen LogP contribution in [0.1, 0.15) is 16.7 Å². The van der Waals surface area contributed by atoms with Gasteiger partial charge in [-0.05, 0) is 46.7 Å². The minimum atomic E-state index is -3.40. The lowest BCUT2D eigenvalue weighted by Crippen LogP contribution is -2.18. The molecular formula is C44H26N3OP. The third-order valence-corrected chi connectivity index (χ3v) is 12.8. The number of rotatable bonds is 3. The Hall–Kier alpha value is -6.27. The van der Waals surface area contributed by atoms with E-state index in [1.54, 1.807) is 0 Å². The van der Waals surface area contributed by atoms with Crippen molar-refractivity contribution in [3.63, 3.8) is 0 Å². The Labute approximate surface area is 284 Å². The quantitative estimate of drug-likeness (QED) is 0.180. The first-order chi connectivity index (χ1) is 24.2. The zero-order valence-corrected chi connectivity index (χ0v) is 27.1. The van der Waals surface area contributed by atoms with Crippen LogP contribution in [-0.4, -0.2) is 9.97 Å². The summed E-state index contributed by atoms with van der Waals surface area (Å²) < 4.78 is 16.3. The number of anilines is 3. The molecule has 0 fully saturated rings. The Balaban J connectivity index is 1.30. The van der Waals surface area contributed by atoms with Crippen LogP contribution in [0, 0.1) is 12.1 Å². The molecule has 0 saturated carbocycles. The standard InChI is InChI=1S/C44H26N3OP/c48-49(32-27-26-29-14-4-5-17-31(29)28-32)40-25-13-9-21-36(40)41-34-19-7-11-23-38(34)47(39-24-12-8-20-35(39)43(41)49)44-45-37-22-10-6-18-33(37)42(46-44)30-15-2-1-3-16-30/h1-6,8-18,20-28H. The second-order valence-electron chi connectivity index (χ2n) is 12.4. The van der Waals surface area contributed by atoms with E-state index in [1.807, 2.05) is 97.1 Å². The van der Waals surface area contributed by atoms with Crippen LogP contribution in [0.2, 0.25) is 0 Å². The number of aromatic nitrogens is 2. The maximum absolute atomic E-state index is 16.3. The summed E-state index contributed by atoms with van der Waals surface area (Å²) >= 11 is 0. The van der Waals surface area contributed by atoms with Gasteiger partial charge in [-0.25, -0.2) is 9.97 Å². The minimum absolute atomic E-state index is 0.529. The molecule has 0 aliphatic carbocycles. The van der Waals surface area contributed by atoms with Crippen molar-refractivity contribution in [1.29, 1.82) is 0 Å². The second kappa shape index (κ2) is 10.6. The van der Waals surface area contributed by atoms with Gasteiger partial charge in [0.2, 0.25) is 5.95 Å². The number of para-hydroxylation sites is 2. The van der Waals surface area contributed by atoms with Gasteiger partial charge in [-0.15, -0.1) is 0 Å². The van der Waals surface area contributed by atoms with Gasteiger partial charge >= 0.3 is 0 Å². The summed E-state index contributed by atoms with van der Waals surface area (Å²) in [5.74, 6) is 0.529. The van der Waals surface area contributed by atoms with Gasteiger partial charge in [0.1, 0.15) is 0 Å². The normalized spacial score (nSPS) is 16.0. The number of hydrogen-bond acceptors (Lipinski definition) is 4. The molecule has 49 heavy (non-hydrogen) atoms. The fourth-order valence-corrected chi connectivity index (χ4v) is 10.8. The Bertz CT molecular complexity index is 2720. The topological polar surface area (TPSA) is 46.1 Å². The van der Waals surface area contributed by atoms with E-state index >= 15 is 4.57 Å². The molecule has 3 heterocycles. The van der Waals surface area contributed by atoms with Gasteiger partial charge in [0.25, 0.3) is 0 Å². The van der Waals surface area contributed by atoms with Gasteiger partial charge in [-0.1, -0.05) is 140 Å². The first kappa shape index (κ1) is 27.8. The van der Waals surface area contributed by atoms with Crippen molar-refractivity contribution in [1.82, 2.24) is 9.97 Å². The van der Waals surface area contributed by atoms with Gasteiger partial charge < -0.3 is 4.57 Å². The van der Waals surface area contributed by atoms with Crippen molar-refractivity contribution in [2.75, 3.05) is 4.90 Å². The van der Waals surface area contributed by atoms with E-state index in [9.17, 15) is 0 Å². The lowest BCUT2D eigenvalue weighted by molar-refractivity contribution is 0.593. The highest BCUT2D eigenvalue weighted by atomic mass is 31.2. The monoisotopic (exact) mass is 643 g/mol. The number of hydrogen-bond donors (Lipinski definition) is 0. The Morgan fingerprint density at radius 3 is 2.24 bits per heavy atom. The van der Waals surface area contributed by atoms with Crippen LogP contribution >= 0.6 is 7.14 Å². The summed E-state index contributed by atoms with van der Waals surface area (Å²) in [6, 6.07) is 59.9. The molecule has 0 saturated heterocycles. The van der Waals surface area contributed by atoms with Gasteiger partial charge in [0.15, 0.2) is 7.14 Å². The van der Waals surface area contributed by atoms with Gasteiger partial charge in [-0.3, -0.25) is 4.90 Å². The van der Waals surface area contributed by atoms with Crippen molar-refractivity contribution < 1.29 is 4.57 Å². The Morgan fingerprint density at radius 2 is 1.35 bits per heavy atom. The molecule has 5 heteroatoms. The van der Waals surface area contributed by atoms with Gasteiger partial charge in [0, 0.05) is 38.0 Å². The molecule has 8 aromatic rings. The molecule has 0 bridgehead atoms. The van der Waals surface area contributed by atoms with Crippen molar-refractivity contribution >= 4 is 67.6 Å². The van der Waals surface area contributed by atoms with Crippen molar-refractivity contribution in [2.24, 2.45) is 0 Å². The van der Waals surface area contributed by atoms with Crippen LogP contribution in [0.15, 0.2) is 158 Å². The fourth-order valence-electron chi connectivity index (χ4n) is 7.52. The Morgan fingerprint density at radius 1 is 0.612 bits per heavy atom. The van der Waals surface area contributed by atoms with Crippen LogP contribution in [0.25, 0.3) is 43.8 Å². The lowest BCUT2D eigenvalue weighted by Gasteiger charge is -2.27. The highest BCUT2D eigenvalue weighted by Crippen LogP contribution is 2.68. The predicted octanol–water partition coefficient (Wildman–Crippen LogP) is 10.1. The lowest BCUT2D eigenvalue weighted by atomic mass is 9.96. The number of benzene rings is 6. The van der Waals surface area contributed by atoms with Crippen LogP contribution in [0.5, 0.6) is 0 Å². The minimum Gasteiger partial charge on any atom is -0.309 e. The zero-order chi connectivity index (χ0) is 32.5. The van der Waals surface area contributed by atoms with Crippen LogP contribution in [-0.2, 0) is 4.57 Å². The van der Waals surface area contributed by atoms with E-state index in [1.165, 1.54) is 0 Å². The molecule has 10 rings (SSSR count). The molecule has 0 amide bonds. The predicted molar refractivity (Wildman–Crippen MR) is 201 cm³/mol. The smallest absolute Gasteiger partial charge is 0.235 e. The largest absolute Gasteiger partial charge is 0.309 e. The van der Waals surface area contributed by atoms with E-state index in [4.69, 9.17) is 9.97 Å². The average molecular weight is 644 g/mol. The highest BCUT2D eigenvalue weighted by molar-refractivity contribution is 7.88. The van der Waals surface area contributed by atoms with E-state index in [-0.39, 0.29) is 0 Å². The molecule has 1 aromatic heterocycles. The second-order valence-corrected chi connectivity index (χ2v) is 15.0. The zero-order valence-electron chi connectivity index (χ0n) is 26.2. The third kappa shape index (κ3) is 4.04. The molecular weight excluding hydrogens is 617 g/mol. The maximum atomic E-state index is 16.3. The molecule has 228 valence electrons. The summed E-state index contributed by atoms with van der Waals surface area (Å²) in [6.07, 6.45) is 0. The molecule has 0 N–H and O–H groups in total. The summed E-state index contributed by atoms with van der Waals surface area (Å²) in [5.41, 5.74) is 7.98. The molecule has 4 nitrogen and oxygen atoms in total. The van der Waals surface area contributed by atoms with Gasteiger partial charge in [-0.2, -0.15) is 0 Å². The molecule has 1 unspecified atom stereocenters. The third-order valence-electron chi connectivity index (χ3n) is 9.67. The molecule has 0 radical (unpaired) electrons. The SMILES string of the molecule is O=P1(c2ccc3ccccc3c2)C2=C(c3c#cccc3N(c3nc(-c4ccccc4)c4ccccc4n3)c3ccccc32)c2ccccc21. The number of nitrogens with zero attached hydrogens (tertiary/aromatic N) is 3. The van der Waals surface area contributed by atoms with Gasteiger partial charge in [0.05, 0.1) is 28.1 Å². The molecule has 0 spiro atoms. The van der Waals surface area contributed by atoms with Crippen molar-refractivity contribution in [3.05, 3.63) is 187 Å². The molecule has 2 aliphatic rings. The van der Waals surface area contributed by atoms with Crippen molar-refractivity contribution in [2.45, 2.75) is 0 Å². The van der Waals surface area contributed by atoms with Crippen LogP contribution < -0.4 is 15.5 Å². The van der Waals surface area contributed by atoms with E-state index in [0.29, 0.717) is 5.95 Å². The summed E-state index contributed by atoms with van der Waals surface area (Å²) in [4.78, 5) is 12.6. The number of fused-ring (bicyclic) bond motifs is 8. The Kier molecular flexibility index (Phi) is 6.03. The first-order valence-corrected chi connectivity index (χ1v) is 18.0.